The summed E-state index contributed by atoms with van der Waals surface area (Å²) in [5.74, 6) is 0.920. The zero-order valence-corrected chi connectivity index (χ0v) is 7.47. The molecule has 64 valence electrons. The average Bonchev–Trinajstić information content (AvgIpc) is 2.50. The van der Waals surface area contributed by atoms with Crippen LogP contribution in [0.3, 0.4) is 0 Å². The van der Waals surface area contributed by atoms with Gasteiger partial charge < -0.3 is 5.32 Å². The average molecular weight is 153 g/mol. The van der Waals surface area contributed by atoms with E-state index in [9.17, 15) is 0 Å². The van der Waals surface area contributed by atoms with Gasteiger partial charge in [0.25, 0.3) is 0 Å². The van der Waals surface area contributed by atoms with Crippen molar-refractivity contribution >= 4 is 0 Å². The molecule has 1 rings (SSSR count). The Hall–Kier alpha value is -0.300. The number of rotatable bonds is 4. The maximum Gasteiger partial charge on any atom is -0.00171 e. The summed E-state index contributed by atoms with van der Waals surface area (Å²) in [5.41, 5.74) is 0. The van der Waals surface area contributed by atoms with E-state index in [1.165, 1.54) is 38.8 Å². The highest BCUT2D eigenvalue weighted by Gasteiger charge is 2.11. The summed E-state index contributed by atoms with van der Waals surface area (Å²) in [6.45, 7) is 4.68. The summed E-state index contributed by atoms with van der Waals surface area (Å²) in [6, 6.07) is 0. The molecule has 0 saturated carbocycles. The molecule has 1 unspecified atom stereocenters. The van der Waals surface area contributed by atoms with Crippen LogP contribution in [0.15, 0.2) is 12.2 Å². The van der Waals surface area contributed by atoms with Crippen molar-refractivity contribution < 1.29 is 0 Å². The lowest BCUT2D eigenvalue weighted by Gasteiger charge is -2.01. The zero-order valence-electron chi connectivity index (χ0n) is 7.47. The van der Waals surface area contributed by atoms with Gasteiger partial charge in [-0.15, -0.1) is 0 Å². The number of nitrogens with one attached hydrogen (secondary N) is 1. The maximum absolute atomic E-state index is 3.38. The van der Waals surface area contributed by atoms with Crippen LogP contribution in [0.1, 0.15) is 32.6 Å². The van der Waals surface area contributed by atoms with E-state index in [1.807, 2.05) is 0 Å². The largest absolute Gasteiger partial charge is 0.316 e. The normalized spacial score (nSPS) is 25.0. The molecular formula is C10H19N. The topological polar surface area (TPSA) is 12.0 Å². The second-order valence-electron chi connectivity index (χ2n) is 3.35. The van der Waals surface area contributed by atoms with E-state index >= 15 is 0 Å². The number of hydrogen-bond acceptors (Lipinski definition) is 1. The SMILES string of the molecule is CCCC=CCC1CCNC1. The highest BCUT2D eigenvalue weighted by molar-refractivity contribution is 4.86. The molecule has 11 heavy (non-hydrogen) atoms. The van der Waals surface area contributed by atoms with Crippen molar-refractivity contribution in [2.75, 3.05) is 13.1 Å². The molecule has 1 aliphatic rings. The molecule has 1 fully saturated rings. The van der Waals surface area contributed by atoms with Gasteiger partial charge in [0.15, 0.2) is 0 Å². The Kier molecular flexibility index (Phi) is 4.29. The van der Waals surface area contributed by atoms with Gasteiger partial charge in [0.05, 0.1) is 0 Å². The standard InChI is InChI=1S/C10H19N/c1-2-3-4-5-6-10-7-8-11-9-10/h4-5,10-11H,2-3,6-9H2,1H3. The monoisotopic (exact) mass is 153 g/mol. The van der Waals surface area contributed by atoms with Crippen LogP contribution in [0, 0.1) is 5.92 Å². The summed E-state index contributed by atoms with van der Waals surface area (Å²) < 4.78 is 0. The van der Waals surface area contributed by atoms with Crippen LogP contribution in [0.2, 0.25) is 0 Å². The van der Waals surface area contributed by atoms with Gasteiger partial charge in [0, 0.05) is 0 Å². The quantitative estimate of drug-likeness (QED) is 0.611. The first-order valence-electron chi connectivity index (χ1n) is 4.79. The van der Waals surface area contributed by atoms with Crippen molar-refractivity contribution in [2.45, 2.75) is 32.6 Å². The van der Waals surface area contributed by atoms with E-state index in [2.05, 4.69) is 24.4 Å². The Morgan fingerprint density at radius 2 is 2.36 bits per heavy atom. The first-order valence-corrected chi connectivity index (χ1v) is 4.79. The Bertz CT molecular complexity index is 112. The minimum atomic E-state index is 0.920. The van der Waals surface area contributed by atoms with Crippen LogP contribution in [-0.2, 0) is 0 Å². The molecule has 0 amide bonds. The predicted molar refractivity (Wildman–Crippen MR) is 49.6 cm³/mol. The van der Waals surface area contributed by atoms with Crippen molar-refractivity contribution in [3.8, 4) is 0 Å². The van der Waals surface area contributed by atoms with Crippen LogP contribution >= 0.6 is 0 Å². The van der Waals surface area contributed by atoms with Crippen LogP contribution < -0.4 is 5.32 Å². The van der Waals surface area contributed by atoms with Gasteiger partial charge in [-0.2, -0.15) is 0 Å². The number of allylic oxidation sites excluding steroid dienone is 2. The Morgan fingerprint density at radius 1 is 1.45 bits per heavy atom. The van der Waals surface area contributed by atoms with E-state index in [-0.39, 0.29) is 0 Å². The fourth-order valence-corrected chi connectivity index (χ4v) is 1.49. The molecule has 0 aliphatic carbocycles. The van der Waals surface area contributed by atoms with Crippen molar-refractivity contribution in [3.63, 3.8) is 0 Å². The van der Waals surface area contributed by atoms with Gasteiger partial charge >= 0.3 is 0 Å². The van der Waals surface area contributed by atoms with Gasteiger partial charge in [0.1, 0.15) is 0 Å². The highest BCUT2D eigenvalue weighted by atomic mass is 14.9. The Labute approximate surface area is 69.9 Å². The summed E-state index contributed by atoms with van der Waals surface area (Å²) in [7, 11) is 0. The minimum absolute atomic E-state index is 0.920. The molecule has 0 radical (unpaired) electrons. The van der Waals surface area contributed by atoms with Gasteiger partial charge in [0.2, 0.25) is 0 Å². The lowest BCUT2D eigenvalue weighted by molar-refractivity contribution is 0.592. The summed E-state index contributed by atoms with van der Waals surface area (Å²) >= 11 is 0. The van der Waals surface area contributed by atoms with Gasteiger partial charge in [-0.3, -0.25) is 0 Å². The molecule has 1 saturated heterocycles. The van der Waals surface area contributed by atoms with Gasteiger partial charge in [-0.25, -0.2) is 0 Å². The Balaban J connectivity index is 2.01. The molecular weight excluding hydrogens is 134 g/mol. The Morgan fingerprint density at radius 3 is 3.00 bits per heavy atom. The van der Waals surface area contributed by atoms with Crippen LogP contribution in [0.5, 0.6) is 0 Å². The van der Waals surface area contributed by atoms with E-state index < -0.39 is 0 Å². The van der Waals surface area contributed by atoms with Crippen molar-refractivity contribution in [1.29, 1.82) is 0 Å². The highest BCUT2D eigenvalue weighted by Crippen LogP contribution is 2.12. The molecule has 0 spiro atoms. The van der Waals surface area contributed by atoms with Crippen molar-refractivity contribution in [3.05, 3.63) is 12.2 Å². The molecule has 1 heterocycles. The van der Waals surface area contributed by atoms with Gasteiger partial charge in [-0.1, -0.05) is 25.5 Å². The molecule has 0 aromatic rings. The van der Waals surface area contributed by atoms with Crippen molar-refractivity contribution in [2.24, 2.45) is 5.92 Å². The van der Waals surface area contributed by atoms with Crippen molar-refractivity contribution in [1.82, 2.24) is 5.32 Å². The third-order valence-corrected chi connectivity index (χ3v) is 2.25. The van der Waals surface area contributed by atoms with Crippen LogP contribution in [0.4, 0.5) is 0 Å². The minimum Gasteiger partial charge on any atom is -0.316 e. The molecule has 1 N–H and O–H groups in total. The molecule has 1 heteroatoms. The fourth-order valence-electron chi connectivity index (χ4n) is 1.49. The molecule has 0 bridgehead atoms. The molecule has 1 nitrogen and oxygen atoms in total. The molecule has 1 aliphatic heterocycles. The van der Waals surface area contributed by atoms with Crippen LogP contribution in [-0.4, -0.2) is 13.1 Å². The first kappa shape index (κ1) is 8.79. The van der Waals surface area contributed by atoms with E-state index in [1.54, 1.807) is 0 Å². The smallest absolute Gasteiger partial charge is 0.00171 e. The third kappa shape index (κ3) is 3.57. The molecule has 1 atom stereocenters. The summed E-state index contributed by atoms with van der Waals surface area (Å²) in [5, 5.41) is 3.38. The first-order chi connectivity index (χ1) is 5.43. The van der Waals surface area contributed by atoms with E-state index in [4.69, 9.17) is 0 Å². The molecule has 0 aromatic heterocycles. The maximum atomic E-state index is 3.38. The molecule has 0 aromatic carbocycles. The summed E-state index contributed by atoms with van der Waals surface area (Å²) in [6.07, 6.45) is 9.85. The van der Waals surface area contributed by atoms with Crippen LogP contribution in [0.25, 0.3) is 0 Å². The fraction of sp³-hybridized carbons (Fsp3) is 0.800. The lowest BCUT2D eigenvalue weighted by atomic mass is 10.0. The predicted octanol–water partition coefficient (Wildman–Crippen LogP) is 2.34. The van der Waals surface area contributed by atoms with E-state index in [0.29, 0.717) is 0 Å². The van der Waals surface area contributed by atoms with E-state index in [0.717, 1.165) is 5.92 Å². The van der Waals surface area contributed by atoms with Gasteiger partial charge in [-0.05, 0) is 38.3 Å². The lowest BCUT2D eigenvalue weighted by Crippen LogP contribution is -2.08. The third-order valence-electron chi connectivity index (χ3n) is 2.25. The second kappa shape index (κ2) is 5.36. The summed E-state index contributed by atoms with van der Waals surface area (Å²) in [4.78, 5) is 0. The second-order valence-corrected chi connectivity index (χ2v) is 3.35. The number of hydrogen-bond donors (Lipinski definition) is 1. The zero-order chi connectivity index (χ0) is 7.94. The number of unbranched alkanes of at least 4 members (excludes halogenated alkanes) is 1.